The van der Waals surface area contributed by atoms with Crippen LogP contribution in [0.2, 0.25) is 0 Å². The molecule has 144 valence electrons. The number of hydrogen-bond donors (Lipinski definition) is 1. The highest BCUT2D eigenvalue weighted by Gasteiger charge is 2.45. The van der Waals surface area contributed by atoms with Gasteiger partial charge in [0.15, 0.2) is 0 Å². The summed E-state index contributed by atoms with van der Waals surface area (Å²) < 4.78 is 5.51. The summed E-state index contributed by atoms with van der Waals surface area (Å²) in [6.07, 6.45) is 5.71. The fourth-order valence-electron chi connectivity index (χ4n) is 3.81. The maximum absolute atomic E-state index is 12.9. The van der Waals surface area contributed by atoms with Gasteiger partial charge < -0.3 is 14.7 Å². The Kier molecular flexibility index (Phi) is 4.86. The first-order valence-corrected chi connectivity index (χ1v) is 9.56. The highest BCUT2D eigenvalue weighted by atomic mass is 16.5. The molecule has 0 saturated carbocycles. The molecular formula is C22H22N2O4. The molecule has 1 unspecified atom stereocenters. The molecule has 28 heavy (non-hydrogen) atoms. The summed E-state index contributed by atoms with van der Waals surface area (Å²) in [4.78, 5) is 31.3. The van der Waals surface area contributed by atoms with Crippen LogP contribution < -0.4 is 4.74 Å². The van der Waals surface area contributed by atoms with Crippen molar-refractivity contribution in [1.29, 1.82) is 0 Å². The minimum atomic E-state index is -0.654. The van der Waals surface area contributed by atoms with Crippen molar-refractivity contribution in [2.45, 2.75) is 32.2 Å². The van der Waals surface area contributed by atoms with Crippen molar-refractivity contribution in [3.8, 4) is 5.75 Å². The van der Waals surface area contributed by atoms with Gasteiger partial charge >= 0.3 is 0 Å². The van der Waals surface area contributed by atoms with Crippen LogP contribution in [0.5, 0.6) is 5.75 Å². The van der Waals surface area contributed by atoms with Crippen molar-refractivity contribution in [2.75, 3.05) is 13.2 Å². The van der Waals surface area contributed by atoms with Gasteiger partial charge in [0.25, 0.3) is 11.7 Å². The van der Waals surface area contributed by atoms with Crippen molar-refractivity contribution in [3.63, 3.8) is 0 Å². The normalized spacial score (nSPS) is 20.3. The average Bonchev–Trinajstić information content (AvgIpc) is 3.29. The number of Topliss-reactive ketones (excluding diaryl/α,β-unsaturated/α-hetero) is 1. The van der Waals surface area contributed by atoms with E-state index in [9.17, 15) is 14.7 Å². The van der Waals surface area contributed by atoms with Crippen molar-refractivity contribution in [3.05, 3.63) is 65.0 Å². The Morgan fingerprint density at radius 2 is 2.18 bits per heavy atom. The number of pyridine rings is 1. The summed E-state index contributed by atoms with van der Waals surface area (Å²) >= 11 is 0. The Hall–Kier alpha value is -3.15. The molecule has 6 heteroatoms. The van der Waals surface area contributed by atoms with E-state index in [4.69, 9.17) is 4.74 Å². The van der Waals surface area contributed by atoms with Crippen LogP contribution in [0.25, 0.3) is 5.76 Å². The van der Waals surface area contributed by atoms with E-state index in [1.807, 2.05) is 19.1 Å². The SMILES string of the molecule is CCCCN1C(=O)C(=O)/C(=C(\O)c2ccc3c(c2)CCO3)C1c1cccnc1. The van der Waals surface area contributed by atoms with Crippen molar-refractivity contribution in [1.82, 2.24) is 9.88 Å². The minimum absolute atomic E-state index is 0.118. The number of amides is 1. The fraction of sp³-hybridized carbons (Fsp3) is 0.318. The molecule has 0 radical (unpaired) electrons. The van der Waals surface area contributed by atoms with Crippen LogP contribution in [0, 0.1) is 0 Å². The maximum Gasteiger partial charge on any atom is 0.295 e. The maximum atomic E-state index is 12.9. The van der Waals surface area contributed by atoms with Crippen molar-refractivity contribution in [2.24, 2.45) is 0 Å². The number of carbonyl (C=O) groups excluding carboxylic acids is 2. The van der Waals surface area contributed by atoms with Gasteiger partial charge in [-0.25, -0.2) is 0 Å². The summed E-state index contributed by atoms with van der Waals surface area (Å²) in [7, 11) is 0. The monoisotopic (exact) mass is 378 g/mol. The lowest BCUT2D eigenvalue weighted by molar-refractivity contribution is -0.139. The second-order valence-corrected chi connectivity index (χ2v) is 7.05. The predicted octanol–water partition coefficient (Wildman–Crippen LogP) is 3.24. The second-order valence-electron chi connectivity index (χ2n) is 7.05. The van der Waals surface area contributed by atoms with E-state index in [2.05, 4.69) is 4.98 Å². The number of hydrogen-bond acceptors (Lipinski definition) is 5. The molecule has 4 rings (SSSR count). The lowest BCUT2D eigenvalue weighted by atomic mass is 9.95. The van der Waals surface area contributed by atoms with Crippen LogP contribution in [0.3, 0.4) is 0 Å². The molecule has 1 N–H and O–H groups in total. The van der Waals surface area contributed by atoms with E-state index in [0.717, 1.165) is 30.6 Å². The van der Waals surface area contributed by atoms with Crippen LogP contribution in [0.4, 0.5) is 0 Å². The third-order valence-electron chi connectivity index (χ3n) is 5.26. The number of aliphatic hydroxyl groups excluding tert-OH is 1. The van der Waals surface area contributed by atoms with Gasteiger partial charge in [-0.1, -0.05) is 19.4 Å². The Morgan fingerprint density at radius 1 is 1.32 bits per heavy atom. The third kappa shape index (κ3) is 3.05. The zero-order valence-corrected chi connectivity index (χ0v) is 15.7. The number of aromatic nitrogens is 1. The first-order valence-electron chi connectivity index (χ1n) is 9.56. The number of fused-ring (bicyclic) bond motifs is 1. The van der Waals surface area contributed by atoms with Crippen LogP contribution in [0.15, 0.2) is 48.3 Å². The lowest BCUT2D eigenvalue weighted by Crippen LogP contribution is -2.30. The van der Waals surface area contributed by atoms with Crippen LogP contribution in [-0.4, -0.2) is 39.8 Å². The van der Waals surface area contributed by atoms with Gasteiger partial charge in [0.05, 0.1) is 18.2 Å². The highest BCUT2D eigenvalue weighted by molar-refractivity contribution is 6.46. The Bertz CT molecular complexity index is 952. The van der Waals surface area contributed by atoms with E-state index >= 15 is 0 Å². The summed E-state index contributed by atoms with van der Waals surface area (Å²) in [5.41, 5.74) is 2.34. The van der Waals surface area contributed by atoms with E-state index in [-0.39, 0.29) is 11.3 Å². The minimum Gasteiger partial charge on any atom is -0.507 e. The number of rotatable bonds is 5. The van der Waals surface area contributed by atoms with E-state index < -0.39 is 17.7 Å². The molecular weight excluding hydrogens is 356 g/mol. The Balaban J connectivity index is 1.83. The van der Waals surface area contributed by atoms with E-state index in [1.165, 1.54) is 0 Å². The molecule has 0 spiro atoms. The number of likely N-dealkylation sites (tertiary alicyclic amines) is 1. The summed E-state index contributed by atoms with van der Waals surface area (Å²) in [6.45, 7) is 3.09. The summed E-state index contributed by atoms with van der Waals surface area (Å²) in [6, 6.07) is 8.30. The predicted molar refractivity (Wildman–Crippen MR) is 104 cm³/mol. The molecule has 0 bridgehead atoms. The zero-order valence-electron chi connectivity index (χ0n) is 15.7. The standard InChI is InChI=1S/C22H22N2O4/c1-2-3-10-24-19(16-5-4-9-23-13-16)18(21(26)22(24)27)20(25)15-6-7-17-14(12-15)8-11-28-17/h4-7,9,12-13,19,25H,2-3,8,10-11H2,1H3/b20-18-. The summed E-state index contributed by atoms with van der Waals surface area (Å²) in [5.74, 6) is -0.586. The fourth-order valence-corrected chi connectivity index (χ4v) is 3.81. The van der Waals surface area contributed by atoms with E-state index in [1.54, 1.807) is 35.5 Å². The molecule has 2 aromatic rings. The molecule has 1 aromatic carbocycles. The number of carbonyl (C=O) groups is 2. The zero-order chi connectivity index (χ0) is 19.7. The molecule has 1 amide bonds. The van der Waals surface area contributed by atoms with Crippen molar-refractivity contribution >= 4 is 17.4 Å². The molecule has 6 nitrogen and oxygen atoms in total. The molecule has 0 aliphatic carbocycles. The Morgan fingerprint density at radius 3 is 2.93 bits per heavy atom. The van der Waals surface area contributed by atoms with E-state index in [0.29, 0.717) is 24.3 Å². The van der Waals surface area contributed by atoms with Crippen LogP contribution >= 0.6 is 0 Å². The number of benzene rings is 1. The lowest BCUT2D eigenvalue weighted by Gasteiger charge is -2.24. The largest absolute Gasteiger partial charge is 0.507 e. The van der Waals surface area contributed by atoms with Gasteiger partial charge in [0.2, 0.25) is 0 Å². The topological polar surface area (TPSA) is 79.7 Å². The smallest absolute Gasteiger partial charge is 0.295 e. The van der Waals surface area contributed by atoms with Gasteiger partial charge in [0, 0.05) is 30.9 Å². The number of nitrogens with zero attached hydrogens (tertiary/aromatic N) is 2. The molecule has 2 aliphatic rings. The molecule has 1 saturated heterocycles. The molecule has 1 atom stereocenters. The van der Waals surface area contributed by atoms with Gasteiger partial charge in [-0.3, -0.25) is 14.6 Å². The number of aliphatic hydroxyl groups is 1. The average molecular weight is 378 g/mol. The van der Waals surface area contributed by atoms with Gasteiger partial charge in [-0.05, 0) is 41.8 Å². The van der Waals surface area contributed by atoms with Gasteiger partial charge in [-0.2, -0.15) is 0 Å². The first kappa shape index (κ1) is 18.2. The van der Waals surface area contributed by atoms with Crippen LogP contribution in [-0.2, 0) is 16.0 Å². The van der Waals surface area contributed by atoms with Gasteiger partial charge in [0.1, 0.15) is 11.5 Å². The molecule has 3 heterocycles. The second kappa shape index (κ2) is 7.46. The quantitative estimate of drug-likeness (QED) is 0.491. The number of ketones is 1. The van der Waals surface area contributed by atoms with Gasteiger partial charge in [-0.15, -0.1) is 0 Å². The highest BCUT2D eigenvalue weighted by Crippen LogP contribution is 2.40. The molecule has 2 aliphatic heterocycles. The van der Waals surface area contributed by atoms with Crippen molar-refractivity contribution < 1.29 is 19.4 Å². The van der Waals surface area contributed by atoms with Crippen LogP contribution in [0.1, 0.15) is 42.5 Å². The summed E-state index contributed by atoms with van der Waals surface area (Å²) in [5, 5.41) is 11.0. The molecule has 1 aromatic heterocycles. The number of ether oxygens (including phenoxy) is 1. The first-order chi connectivity index (χ1) is 13.6. The number of unbranched alkanes of at least 4 members (excludes halogenated alkanes) is 1. The third-order valence-corrected chi connectivity index (χ3v) is 5.26. The Labute approximate surface area is 163 Å². The molecule has 1 fully saturated rings.